The summed E-state index contributed by atoms with van der Waals surface area (Å²) >= 11 is 5.98. The monoisotopic (exact) mass is 300 g/mol. The molecule has 1 aliphatic heterocycles. The average molecular weight is 301 g/mol. The van der Waals surface area contributed by atoms with Gasteiger partial charge in [-0.05, 0) is 42.1 Å². The number of nitrogens with two attached hydrogens (primary N) is 1. The first-order chi connectivity index (χ1) is 10.3. The minimum atomic E-state index is 0.288. The van der Waals surface area contributed by atoms with E-state index in [0.717, 1.165) is 18.1 Å². The van der Waals surface area contributed by atoms with Crippen LogP contribution in [-0.2, 0) is 0 Å². The Bertz CT molecular complexity index is 568. The number of rotatable bonds is 4. The lowest BCUT2D eigenvalue weighted by Crippen LogP contribution is -2.31. The Balaban J connectivity index is 1.73. The van der Waals surface area contributed by atoms with Gasteiger partial charge >= 0.3 is 0 Å². The predicted octanol–water partition coefficient (Wildman–Crippen LogP) is 3.83. The van der Waals surface area contributed by atoms with Crippen LogP contribution in [0.25, 0.3) is 0 Å². The molecule has 0 bridgehead atoms. The van der Waals surface area contributed by atoms with E-state index in [1.807, 2.05) is 12.1 Å². The number of nitrogens with zero attached hydrogens (tertiary/aromatic N) is 1. The summed E-state index contributed by atoms with van der Waals surface area (Å²) in [7, 11) is 0. The summed E-state index contributed by atoms with van der Waals surface area (Å²) in [6.45, 7) is 2.82. The molecule has 2 atom stereocenters. The topological polar surface area (TPSA) is 29.3 Å². The Labute approximate surface area is 131 Å². The second-order valence-electron chi connectivity index (χ2n) is 5.69. The van der Waals surface area contributed by atoms with Crippen LogP contribution in [0.5, 0.6) is 0 Å². The summed E-state index contributed by atoms with van der Waals surface area (Å²) in [6.07, 6.45) is 1.20. The van der Waals surface area contributed by atoms with Crippen LogP contribution in [0.1, 0.15) is 29.5 Å². The van der Waals surface area contributed by atoms with E-state index in [-0.39, 0.29) is 6.04 Å². The Kier molecular flexibility index (Phi) is 4.59. The van der Waals surface area contributed by atoms with E-state index in [1.54, 1.807) is 0 Å². The largest absolute Gasteiger partial charge is 0.329 e. The van der Waals surface area contributed by atoms with Crippen LogP contribution in [0.15, 0.2) is 54.6 Å². The van der Waals surface area contributed by atoms with Crippen molar-refractivity contribution in [2.45, 2.75) is 18.4 Å². The maximum atomic E-state index is 6.03. The minimum absolute atomic E-state index is 0.288. The molecule has 2 aromatic rings. The van der Waals surface area contributed by atoms with Gasteiger partial charge in [0.05, 0.1) is 0 Å². The van der Waals surface area contributed by atoms with Crippen molar-refractivity contribution < 1.29 is 0 Å². The van der Waals surface area contributed by atoms with Gasteiger partial charge < -0.3 is 5.73 Å². The highest BCUT2D eigenvalue weighted by atomic mass is 35.5. The molecule has 0 radical (unpaired) electrons. The van der Waals surface area contributed by atoms with Gasteiger partial charge in [0.15, 0.2) is 0 Å². The highest BCUT2D eigenvalue weighted by Crippen LogP contribution is 2.32. The third-order valence-corrected chi connectivity index (χ3v) is 4.66. The van der Waals surface area contributed by atoms with Crippen molar-refractivity contribution in [3.05, 3.63) is 70.7 Å². The molecule has 110 valence electrons. The molecule has 21 heavy (non-hydrogen) atoms. The van der Waals surface area contributed by atoms with Crippen LogP contribution >= 0.6 is 11.6 Å². The lowest BCUT2D eigenvalue weighted by Gasteiger charge is -2.27. The lowest BCUT2D eigenvalue weighted by molar-refractivity contribution is 0.248. The second-order valence-corrected chi connectivity index (χ2v) is 6.13. The van der Waals surface area contributed by atoms with E-state index >= 15 is 0 Å². The van der Waals surface area contributed by atoms with Crippen LogP contribution in [-0.4, -0.2) is 24.5 Å². The lowest BCUT2D eigenvalue weighted by atomic mass is 9.98. The van der Waals surface area contributed by atoms with Crippen molar-refractivity contribution in [1.29, 1.82) is 0 Å². The molecule has 0 aliphatic carbocycles. The molecule has 1 saturated heterocycles. The summed E-state index contributed by atoms with van der Waals surface area (Å²) in [5, 5.41) is 0.776. The number of benzene rings is 2. The van der Waals surface area contributed by atoms with Gasteiger partial charge in [0.2, 0.25) is 0 Å². The van der Waals surface area contributed by atoms with Crippen molar-refractivity contribution in [3.63, 3.8) is 0 Å². The molecule has 2 nitrogen and oxygen atoms in total. The molecule has 2 N–H and O–H groups in total. The zero-order valence-corrected chi connectivity index (χ0v) is 12.8. The molecule has 0 aromatic heterocycles. The normalized spacial score (nSPS) is 20.6. The van der Waals surface area contributed by atoms with Crippen molar-refractivity contribution in [2.75, 3.05) is 19.6 Å². The van der Waals surface area contributed by atoms with Crippen molar-refractivity contribution in [3.8, 4) is 0 Å². The van der Waals surface area contributed by atoms with E-state index in [2.05, 4.69) is 47.4 Å². The molecule has 1 fully saturated rings. The molecule has 3 rings (SSSR count). The molecule has 0 amide bonds. The molecule has 3 heteroatoms. The Morgan fingerprint density at radius 2 is 1.81 bits per heavy atom. The average Bonchev–Trinajstić information content (AvgIpc) is 3.00. The maximum Gasteiger partial charge on any atom is 0.0470 e. The molecule has 0 saturated carbocycles. The van der Waals surface area contributed by atoms with Crippen LogP contribution in [0.4, 0.5) is 0 Å². The highest BCUT2D eigenvalue weighted by Gasteiger charge is 2.29. The fourth-order valence-corrected chi connectivity index (χ4v) is 3.37. The number of hydrogen-bond donors (Lipinski definition) is 1. The van der Waals surface area contributed by atoms with Gasteiger partial charge in [-0.1, -0.05) is 54.1 Å². The standard InChI is InChI=1S/C18H21ClN2/c19-17-8-6-15(7-9-17)18(12-20)21-11-10-16(13-21)14-4-2-1-3-5-14/h1-9,16,18H,10-13,20H2. The molecular formula is C18H21ClN2. The Morgan fingerprint density at radius 1 is 1.10 bits per heavy atom. The first kappa shape index (κ1) is 14.6. The van der Waals surface area contributed by atoms with Crippen molar-refractivity contribution in [2.24, 2.45) is 5.73 Å². The smallest absolute Gasteiger partial charge is 0.0470 e. The quantitative estimate of drug-likeness (QED) is 0.930. The van der Waals surface area contributed by atoms with Gasteiger partial charge in [0.25, 0.3) is 0 Å². The van der Waals surface area contributed by atoms with E-state index in [4.69, 9.17) is 17.3 Å². The molecule has 2 aromatic carbocycles. The molecule has 0 spiro atoms. The van der Waals surface area contributed by atoms with Gasteiger partial charge in [0.1, 0.15) is 0 Å². The Hall–Kier alpha value is -1.35. The van der Waals surface area contributed by atoms with Crippen molar-refractivity contribution in [1.82, 2.24) is 4.90 Å². The van der Waals surface area contributed by atoms with Gasteiger partial charge in [-0.25, -0.2) is 0 Å². The summed E-state index contributed by atoms with van der Waals surface area (Å²) in [5.41, 5.74) is 8.73. The fraction of sp³-hybridized carbons (Fsp3) is 0.333. The van der Waals surface area contributed by atoms with Crippen LogP contribution in [0.2, 0.25) is 5.02 Å². The number of halogens is 1. The first-order valence-electron chi connectivity index (χ1n) is 7.52. The SMILES string of the molecule is NCC(c1ccc(Cl)cc1)N1CCC(c2ccccc2)C1. The summed E-state index contributed by atoms with van der Waals surface area (Å²) in [6, 6.07) is 19.2. The zero-order valence-electron chi connectivity index (χ0n) is 12.1. The zero-order chi connectivity index (χ0) is 14.7. The van der Waals surface area contributed by atoms with E-state index in [9.17, 15) is 0 Å². The maximum absolute atomic E-state index is 6.03. The summed E-state index contributed by atoms with van der Waals surface area (Å²) < 4.78 is 0. The molecule has 1 heterocycles. The Morgan fingerprint density at radius 3 is 2.48 bits per heavy atom. The van der Waals surface area contributed by atoms with Gasteiger partial charge in [0, 0.05) is 24.2 Å². The summed E-state index contributed by atoms with van der Waals surface area (Å²) in [4.78, 5) is 2.50. The third-order valence-electron chi connectivity index (χ3n) is 4.41. The van der Waals surface area contributed by atoms with Crippen LogP contribution < -0.4 is 5.73 Å². The fourth-order valence-electron chi connectivity index (χ4n) is 3.25. The van der Waals surface area contributed by atoms with Crippen LogP contribution in [0.3, 0.4) is 0 Å². The highest BCUT2D eigenvalue weighted by molar-refractivity contribution is 6.30. The second kappa shape index (κ2) is 6.61. The minimum Gasteiger partial charge on any atom is -0.329 e. The predicted molar refractivity (Wildman–Crippen MR) is 88.6 cm³/mol. The van der Waals surface area contributed by atoms with Crippen molar-refractivity contribution >= 4 is 11.6 Å². The number of likely N-dealkylation sites (tertiary alicyclic amines) is 1. The molecule has 1 aliphatic rings. The van der Waals surface area contributed by atoms with E-state index in [1.165, 1.54) is 17.5 Å². The van der Waals surface area contributed by atoms with Gasteiger partial charge in [-0.3, -0.25) is 4.90 Å². The third kappa shape index (κ3) is 3.29. The first-order valence-corrected chi connectivity index (χ1v) is 7.90. The van der Waals surface area contributed by atoms with E-state index < -0.39 is 0 Å². The van der Waals surface area contributed by atoms with Gasteiger partial charge in [-0.15, -0.1) is 0 Å². The summed E-state index contributed by atoms with van der Waals surface area (Å²) in [5.74, 6) is 0.618. The van der Waals surface area contributed by atoms with Crippen LogP contribution in [0, 0.1) is 0 Å². The van der Waals surface area contributed by atoms with Gasteiger partial charge in [-0.2, -0.15) is 0 Å². The molecular weight excluding hydrogens is 280 g/mol. The van der Waals surface area contributed by atoms with E-state index in [0.29, 0.717) is 12.5 Å². The number of hydrogen-bond acceptors (Lipinski definition) is 2. The molecule has 2 unspecified atom stereocenters.